The highest BCUT2D eigenvalue weighted by molar-refractivity contribution is 6.04. The number of carbonyl (C=O) groups excluding carboxylic acids is 1. The number of imidazole rings is 1. The van der Waals surface area contributed by atoms with E-state index in [-0.39, 0.29) is 16.8 Å². The van der Waals surface area contributed by atoms with Crippen LogP contribution in [0, 0.1) is 23.0 Å². The highest BCUT2D eigenvalue weighted by Gasteiger charge is 2.25. The molecule has 0 saturated heterocycles. The lowest BCUT2D eigenvalue weighted by molar-refractivity contribution is 0.102. The van der Waals surface area contributed by atoms with Crippen LogP contribution in [0.3, 0.4) is 0 Å². The van der Waals surface area contributed by atoms with E-state index >= 15 is 0 Å². The van der Waals surface area contributed by atoms with Gasteiger partial charge in [0.15, 0.2) is 5.65 Å². The lowest BCUT2D eigenvalue weighted by Crippen LogP contribution is -2.19. The van der Waals surface area contributed by atoms with Crippen molar-refractivity contribution in [3.05, 3.63) is 90.1 Å². The van der Waals surface area contributed by atoms with Crippen molar-refractivity contribution in [1.29, 1.82) is 5.26 Å². The zero-order chi connectivity index (χ0) is 26.9. The Morgan fingerprint density at radius 1 is 1.03 bits per heavy atom. The third kappa shape index (κ3) is 4.62. The Morgan fingerprint density at radius 2 is 1.84 bits per heavy atom. The number of amides is 1. The van der Waals surface area contributed by atoms with Crippen molar-refractivity contribution in [1.82, 2.24) is 24.9 Å². The molecule has 11 heteroatoms. The summed E-state index contributed by atoms with van der Waals surface area (Å²) < 4.78 is 29.0. The van der Waals surface area contributed by atoms with Gasteiger partial charge in [-0.2, -0.15) is 5.26 Å². The quantitative estimate of drug-likeness (QED) is 0.275. The van der Waals surface area contributed by atoms with Crippen molar-refractivity contribution in [3.63, 3.8) is 0 Å². The molecule has 0 bridgehead atoms. The van der Waals surface area contributed by atoms with Gasteiger partial charge in [-0.05, 0) is 62.4 Å². The van der Waals surface area contributed by atoms with Gasteiger partial charge in [0, 0.05) is 28.6 Å². The van der Waals surface area contributed by atoms with E-state index in [1.165, 1.54) is 43.0 Å². The minimum Gasteiger partial charge on any atom is -0.340 e. The number of carbonyl (C=O) groups is 1. The molecule has 38 heavy (non-hydrogen) atoms. The number of H-pyrrole nitrogens is 1. The van der Waals surface area contributed by atoms with Crippen LogP contribution in [0.1, 0.15) is 29.8 Å². The maximum absolute atomic E-state index is 14.7. The number of nitriles is 1. The predicted molar refractivity (Wildman–Crippen MR) is 138 cm³/mol. The third-order valence-corrected chi connectivity index (χ3v) is 5.94. The molecule has 0 aliphatic carbocycles. The van der Waals surface area contributed by atoms with Gasteiger partial charge in [0.2, 0.25) is 0 Å². The van der Waals surface area contributed by atoms with Crippen LogP contribution in [0.15, 0.2) is 67.4 Å². The Morgan fingerprint density at radius 3 is 2.66 bits per heavy atom. The number of anilines is 3. The molecule has 188 valence electrons. The van der Waals surface area contributed by atoms with Crippen molar-refractivity contribution < 1.29 is 13.6 Å². The minimum absolute atomic E-state index is 0.0713. The van der Waals surface area contributed by atoms with Gasteiger partial charge in [0.05, 0.1) is 23.5 Å². The van der Waals surface area contributed by atoms with Crippen molar-refractivity contribution in [2.75, 3.05) is 10.6 Å². The number of benzene rings is 2. The van der Waals surface area contributed by atoms with Crippen molar-refractivity contribution in [3.8, 4) is 17.3 Å². The van der Waals surface area contributed by atoms with Crippen LogP contribution >= 0.6 is 0 Å². The molecule has 2 aromatic carbocycles. The van der Waals surface area contributed by atoms with Gasteiger partial charge in [0.1, 0.15) is 35.0 Å². The summed E-state index contributed by atoms with van der Waals surface area (Å²) in [6, 6.07) is 13.4. The standard InChI is InChI=1S/C27H20F2N8O/c1-27(2,12-30)18-10-15(5-7-19(18)28)26(38)37-21-11-16(6-8-20(21)29)36-24-17(4-3-9-31-24)22-23-25(34-13-32-22)35-14-33-23/h3-11,13-14H,1-2H3,(H,31,36)(H,37,38)(H,32,33,34,35). The number of nitrogens with zero attached hydrogens (tertiary/aromatic N) is 5. The number of pyridine rings is 1. The first-order valence-electron chi connectivity index (χ1n) is 11.5. The molecule has 5 rings (SSSR count). The Labute approximate surface area is 215 Å². The first kappa shape index (κ1) is 24.5. The molecule has 0 radical (unpaired) electrons. The van der Waals surface area contributed by atoms with Gasteiger partial charge in [-0.3, -0.25) is 4.79 Å². The fourth-order valence-electron chi connectivity index (χ4n) is 3.89. The minimum atomic E-state index is -1.15. The zero-order valence-electron chi connectivity index (χ0n) is 20.3. The van der Waals surface area contributed by atoms with Crippen LogP contribution in [-0.2, 0) is 5.41 Å². The van der Waals surface area contributed by atoms with Gasteiger partial charge in [-0.25, -0.2) is 28.7 Å². The summed E-state index contributed by atoms with van der Waals surface area (Å²) in [7, 11) is 0. The van der Waals surface area contributed by atoms with Crippen LogP contribution in [0.2, 0.25) is 0 Å². The van der Waals surface area contributed by atoms with Crippen LogP contribution in [0.25, 0.3) is 22.4 Å². The zero-order valence-corrected chi connectivity index (χ0v) is 20.3. The number of fused-ring (bicyclic) bond motifs is 1. The average Bonchev–Trinajstić information content (AvgIpc) is 3.40. The highest BCUT2D eigenvalue weighted by atomic mass is 19.1. The molecule has 5 aromatic rings. The summed E-state index contributed by atoms with van der Waals surface area (Å²) in [5, 5.41) is 15.0. The van der Waals surface area contributed by atoms with E-state index < -0.39 is 23.0 Å². The molecular weight excluding hydrogens is 490 g/mol. The van der Waals surface area contributed by atoms with Crippen LogP contribution < -0.4 is 10.6 Å². The average molecular weight is 511 g/mol. The molecule has 9 nitrogen and oxygen atoms in total. The second kappa shape index (κ2) is 9.67. The fourth-order valence-corrected chi connectivity index (χ4v) is 3.89. The molecule has 0 unspecified atom stereocenters. The van der Waals surface area contributed by atoms with Crippen molar-refractivity contribution >= 4 is 34.3 Å². The summed E-state index contributed by atoms with van der Waals surface area (Å²) in [5.41, 5.74) is 1.67. The molecule has 3 N–H and O–H groups in total. The summed E-state index contributed by atoms with van der Waals surface area (Å²) in [4.78, 5) is 33.1. The maximum Gasteiger partial charge on any atom is 0.255 e. The SMILES string of the molecule is CC(C)(C#N)c1cc(C(=O)Nc2cc(Nc3ncccc3-c3ncnc4[nH]cnc34)ccc2F)ccc1F. The molecule has 0 fully saturated rings. The Balaban J connectivity index is 1.43. The molecule has 0 atom stereocenters. The van der Waals surface area contributed by atoms with Crippen LogP contribution in [0.4, 0.5) is 26.0 Å². The third-order valence-electron chi connectivity index (χ3n) is 5.94. The second-order valence-electron chi connectivity index (χ2n) is 8.93. The normalized spacial score (nSPS) is 11.2. The van der Waals surface area contributed by atoms with E-state index in [2.05, 4.69) is 35.6 Å². The molecule has 0 aliphatic heterocycles. The van der Waals surface area contributed by atoms with Crippen LogP contribution in [-0.4, -0.2) is 30.8 Å². The molecule has 3 heterocycles. The fraction of sp³-hybridized carbons (Fsp3) is 0.111. The number of halogens is 2. The second-order valence-corrected chi connectivity index (χ2v) is 8.93. The summed E-state index contributed by atoms with van der Waals surface area (Å²) in [5.74, 6) is -1.50. The van der Waals surface area contributed by atoms with Gasteiger partial charge >= 0.3 is 0 Å². The van der Waals surface area contributed by atoms with E-state index in [4.69, 9.17) is 0 Å². The number of aromatic nitrogens is 5. The number of aromatic amines is 1. The van der Waals surface area contributed by atoms with Gasteiger partial charge in [-0.15, -0.1) is 0 Å². The summed E-state index contributed by atoms with van der Waals surface area (Å²) in [6.07, 6.45) is 4.53. The summed E-state index contributed by atoms with van der Waals surface area (Å²) in [6.45, 7) is 3.10. The highest BCUT2D eigenvalue weighted by Crippen LogP contribution is 2.32. The van der Waals surface area contributed by atoms with E-state index in [9.17, 15) is 18.8 Å². The first-order chi connectivity index (χ1) is 18.3. The number of rotatable bonds is 6. The van der Waals surface area contributed by atoms with Gasteiger partial charge in [0.25, 0.3) is 5.91 Å². The molecule has 0 aliphatic rings. The molecular formula is C27H20F2N8O. The van der Waals surface area contributed by atoms with Crippen molar-refractivity contribution in [2.45, 2.75) is 19.3 Å². The lowest BCUT2D eigenvalue weighted by Gasteiger charge is -2.18. The maximum atomic E-state index is 14.7. The topological polar surface area (TPSA) is 132 Å². The Hall–Kier alpha value is -5.24. The molecule has 0 saturated carbocycles. The number of hydrogen-bond donors (Lipinski definition) is 3. The lowest BCUT2D eigenvalue weighted by atomic mass is 9.85. The van der Waals surface area contributed by atoms with Crippen molar-refractivity contribution in [2.24, 2.45) is 0 Å². The predicted octanol–water partition coefficient (Wildman–Crippen LogP) is 5.49. The molecule has 1 amide bonds. The van der Waals surface area contributed by atoms with E-state index in [0.717, 1.165) is 6.07 Å². The summed E-state index contributed by atoms with van der Waals surface area (Å²) >= 11 is 0. The smallest absolute Gasteiger partial charge is 0.255 e. The number of nitrogens with one attached hydrogen (secondary N) is 3. The molecule has 0 spiro atoms. The number of hydrogen-bond acceptors (Lipinski definition) is 7. The Bertz CT molecular complexity index is 1720. The van der Waals surface area contributed by atoms with E-state index in [0.29, 0.717) is 33.9 Å². The largest absolute Gasteiger partial charge is 0.340 e. The first-order valence-corrected chi connectivity index (χ1v) is 11.5. The van der Waals surface area contributed by atoms with E-state index in [1.54, 1.807) is 26.1 Å². The monoisotopic (exact) mass is 510 g/mol. The Kier molecular flexibility index (Phi) is 6.22. The van der Waals surface area contributed by atoms with Gasteiger partial charge in [-0.1, -0.05) is 0 Å². The van der Waals surface area contributed by atoms with Crippen LogP contribution in [0.5, 0.6) is 0 Å². The molecule has 3 aromatic heterocycles. The van der Waals surface area contributed by atoms with Gasteiger partial charge < -0.3 is 15.6 Å². The van der Waals surface area contributed by atoms with E-state index in [1.807, 2.05) is 12.1 Å².